The number of carbonyl (C=O) groups excluding carboxylic acids is 2. The van der Waals surface area contributed by atoms with Crippen LogP contribution < -0.4 is 5.32 Å². The van der Waals surface area contributed by atoms with Gasteiger partial charge < -0.3 is 10.0 Å². The maximum atomic E-state index is 11.5. The molecule has 20 heavy (non-hydrogen) atoms. The Balaban J connectivity index is 3.94. The summed E-state index contributed by atoms with van der Waals surface area (Å²) in [5, 5.41) is 10.5. The number of hydrogen-bond donors (Lipinski definition) is 2. The molecule has 0 aromatic rings. The van der Waals surface area contributed by atoms with Crippen LogP contribution in [0, 0.1) is 0 Å². The van der Waals surface area contributed by atoms with Crippen molar-refractivity contribution in [3.05, 3.63) is 0 Å². The summed E-state index contributed by atoms with van der Waals surface area (Å²) >= 11 is 0. The van der Waals surface area contributed by atoms with Crippen molar-refractivity contribution in [1.29, 1.82) is 0 Å². The number of amides is 3. The Morgan fingerprint density at radius 3 is 2.20 bits per heavy atom. The summed E-state index contributed by atoms with van der Waals surface area (Å²) in [6.45, 7) is -0.00301. The first kappa shape index (κ1) is 18.4. The van der Waals surface area contributed by atoms with Gasteiger partial charge in [-0.25, -0.2) is 13.2 Å². The fourth-order valence-corrected chi connectivity index (χ4v) is 1.85. The second-order valence-electron chi connectivity index (χ2n) is 4.51. The van der Waals surface area contributed by atoms with E-state index < -0.39 is 27.7 Å². The number of aliphatic carboxylic acids is 1. The van der Waals surface area contributed by atoms with E-state index in [4.69, 9.17) is 5.11 Å². The molecule has 0 aromatic heterocycles. The molecule has 0 aromatic carbocycles. The van der Waals surface area contributed by atoms with Crippen molar-refractivity contribution in [3.63, 3.8) is 0 Å². The van der Waals surface area contributed by atoms with Crippen LogP contribution in [0.3, 0.4) is 0 Å². The zero-order valence-electron chi connectivity index (χ0n) is 11.6. The highest BCUT2D eigenvalue weighted by Gasteiger charge is 2.14. The quantitative estimate of drug-likeness (QED) is 0.601. The van der Waals surface area contributed by atoms with Gasteiger partial charge in [0.25, 0.3) is 0 Å². The molecule has 0 saturated carbocycles. The van der Waals surface area contributed by atoms with Gasteiger partial charge in [-0.1, -0.05) is 0 Å². The summed E-state index contributed by atoms with van der Waals surface area (Å²) in [5.74, 6) is -1.61. The lowest BCUT2D eigenvalue weighted by atomic mass is 10.2. The Hall–Kier alpha value is -1.64. The second-order valence-corrected chi connectivity index (χ2v) is 6.77. The summed E-state index contributed by atoms with van der Waals surface area (Å²) in [6.07, 6.45) is 1.83. The van der Waals surface area contributed by atoms with Crippen LogP contribution in [0.25, 0.3) is 0 Å². The number of urea groups is 1. The van der Waals surface area contributed by atoms with Gasteiger partial charge in [0.1, 0.15) is 9.84 Å². The third kappa shape index (κ3) is 10.3. The summed E-state index contributed by atoms with van der Waals surface area (Å²) in [6, 6.07) is -0.670. The Kier molecular flexibility index (Phi) is 7.82. The number of nitrogens with zero attached hydrogens (tertiary/aromatic N) is 1. The number of rotatable bonds is 8. The van der Waals surface area contributed by atoms with Crippen LogP contribution in [-0.2, 0) is 19.4 Å². The van der Waals surface area contributed by atoms with Crippen LogP contribution in [0.15, 0.2) is 0 Å². The number of carboxylic acid groups (broad SMARTS) is 1. The van der Waals surface area contributed by atoms with Gasteiger partial charge in [-0.2, -0.15) is 0 Å². The zero-order valence-corrected chi connectivity index (χ0v) is 12.4. The van der Waals surface area contributed by atoms with Crippen LogP contribution in [0.2, 0.25) is 0 Å². The van der Waals surface area contributed by atoms with E-state index in [1.54, 1.807) is 0 Å². The highest BCUT2D eigenvalue weighted by molar-refractivity contribution is 7.90. The predicted molar refractivity (Wildman–Crippen MR) is 72.0 cm³/mol. The molecule has 116 valence electrons. The lowest BCUT2D eigenvalue weighted by Gasteiger charge is -2.16. The molecule has 0 aliphatic heterocycles. The number of carboxylic acids is 1. The SMILES string of the molecule is CN(CCS(C)(=O)=O)C(=O)NC(=O)CCCCC(=O)O. The number of hydrogen-bond acceptors (Lipinski definition) is 5. The first-order chi connectivity index (χ1) is 9.11. The van der Waals surface area contributed by atoms with E-state index in [1.165, 1.54) is 7.05 Å². The molecule has 0 saturated heterocycles. The number of imide groups is 1. The number of sulfone groups is 1. The van der Waals surface area contributed by atoms with Gasteiger partial charge in [0, 0.05) is 32.7 Å². The van der Waals surface area contributed by atoms with E-state index in [0.717, 1.165) is 11.2 Å². The third-order valence-corrected chi connectivity index (χ3v) is 3.36. The van der Waals surface area contributed by atoms with E-state index >= 15 is 0 Å². The second kappa shape index (κ2) is 8.51. The van der Waals surface area contributed by atoms with Crippen LogP contribution in [0.5, 0.6) is 0 Å². The minimum absolute atomic E-state index is 0.00301. The van der Waals surface area contributed by atoms with Gasteiger partial charge in [0.05, 0.1) is 5.75 Å². The van der Waals surface area contributed by atoms with Crippen molar-refractivity contribution in [2.24, 2.45) is 0 Å². The molecular weight excluding hydrogens is 288 g/mol. The van der Waals surface area contributed by atoms with Crippen LogP contribution >= 0.6 is 0 Å². The van der Waals surface area contributed by atoms with Crippen molar-refractivity contribution in [2.45, 2.75) is 25.7 Å². The summed E-state index contributed by atoms with van der Waals surface area (Å²) in [7, 11) is -1.78. The first-order valence-electron chi connectivity index (χ1n) is 6.06. The van der Waals surface area contributed by atoms with Crippen molar-refractivity contribution in [1.82, 2.24) is 10.2 Å². The molecule has 0 spiro atoms. The molecule has 0 aliphatic carbocycles. The molecule has 8 nitrogen and oxygen atoms in total. The van der Waals surface area contributed by atoms with Gasteiger partial charge in [-0.05, 0) is 12.8 Å². The molecule has 0 fully saturated rings. The van der Waals surface area contributed by atoms with Gasteiger partial charge in [0.2, 0.25) is 5.91 Å². The monoisotopic (exact) mass is 308 g/mol. The highest BCUT2D eigenvalue weighted by atomic mass is 32.2. The molecule has 0 radical (unpaired) electrons. The van der Waals surface area contributed by atoms with Crippen LogP contribution in [0.1, 0.15) is 25.7 Å². The summed E-state index contributed by atoms with van der Waals surface area (Å²) < 4.78 is 21.9. The van der Waals surface area contributed by atoms with E-state index in [-0.39, 0.29) is 25.1 Å². The van der Waals surface area contributed by atoms with E-state index in [0.29, 0.717) is 12.8 Å². The average molecular weight is 308 g/mol. The molecule has 3 amide bonds. The molecule has 0 heterocycles. The largest absolute Gasteiger partial charge is 0.481 e. The van der Waals surface area contributed by atoms with E-state index in [1.807, 2.05) is 0 Å². The normalized spacial score (nSPS) is 10.9. The lowest BCUT2D eigenvalue weighted by molar-refractivity contribution is -0.137. The Labute approximate surface area is 118 Å². The van der Waals surface area contributed by atoms with Crippen LogP contribution in [-0.4, -0.2) is 61.9 Å². The Bertz CT molecular complexity index is 460. The van der Waals surface area contributed by atoms with Crippen molar-refractivity contribution < 1.29 is 27.9 Å². The zero-order chi connectivity index (χ0) is 15.8. The van der Waals surface area contributed by atoms with E-state index in [2.05, 4.69) is 5.32 Å². The Morgan fingerprint density at radius 2 is 1.70 bits per heavy atom. The fourth-order valence-electron chi connectivity index (χ4n) is 1.24. The van der Waals surface area contributed by atoms with Gasteiger partial charge in [0.15, 0.2) is 0 Å². The number of unbranched alkanes of at least 4 members (excludes halogenated alkanes) is 1. The smallest absolute Gasteiger partial charge is 0.323 e. The lowest BCUT2D eigenvalue weighted by Crippen LogP contribution is -2.42. The molecule has 0 atom stereocenters. The maximum Gasteiger partial charge on any atom is 0.323 e. The minimum atomic E-state index is -3.17. The number of carbonyl (C=O) groups is 3. The molecule has 2 N–H and O–H groups in total. The average Bonchev–Trinajstić information content (AvgIpc) is 2.30. The standard InChI is InChI=1S/C11H20N2O6S/c1-13(7-8-20(2,18)19)11(17)12-9(14)5-3-4-6-10(15)16/h3-8H2,1-2H3,(H,15,16)(H,12,14,17). The van der Waals surface area contributed by atoms with Crippen molar-refractivity contribution >= 4 is 27.7 Å². The molecule has 0 rings (SSSR count). The minimum Gasteiger partial charge on any atom is -0.481 e. The predicted octanol–water partition coefficient (Wildman–Crippen LogP) is -0.156. The number of nitrogens with one attached hydrogen (secondary N) is 1. The molecule has 0 bridgehead atoms. The molecule has 9 heteroatoms. The van der Waals surface area contributed by atoms with Gasteiger partial charge in [-0.15, -0.1) is 0 Å². The Morgan fingerprint density at radius 1 is 1.15 bits per heavy atom. The van der Waals surface area contributed by atoms with Crippen molar-refractivity contribution in [3.8, 4) is 0 Å². The van der Waals surface area contributed by atoms with Gasteiger partial charge >= 0.3 is 12.0 Å². The topological polar surface area (TPSA) is 121 Å². The van der Waals surface area contributed by atoms with Crippen molar-refractivity contribution in [2.75, 3.05) is 25.6 Å². The molecule has 0 unspecified atom stereocenters. The molecular formula is C11H20N2O6S. The molecule has 0 aliphatic rings. The highest BCUT2D eigenvalue weighted by Crippen LogP contribution is 2.00. The maximum absolute atomic E-state index is 11.5. The van der Waals surface area contributed by atoms with E-state index in [9.17, 15) is 22.8 Å². The summed E-state index contributed by atoms with van der Waals surface area (Å²) in [4.78, 5) is 34.3. The fraction of sp³-hybridized carbons (Fsp3) is 0.727. The first-order valence-corrected chi connectivity index (χ1v) is 8.12. The summed E-state index contributed by atoms with van der Waals surface area (Å²) in [5.41, 5.74) is 0. The third-order valence-electron chi connectivity index (χ3n) is 2.44. The van der Waals surface area contributed by atoms with Crippen LogP contribution in [0.4, 0.5) is 4.79 Å². The van der Waals surface area contributed by atoms with Gasteiger partial charge in [-0.3, -0.25) is 14.9 Å².